The summed E-state index contributed by atoms with van der Waals surface area (Å²) in [6.45, 7) is 7.65. The van der Waals surface area contributed by atoms with E-state index in [9.17, 15) is 9.90 Å². The molecule has 0 spiro atoms. The molecule has 0 saturated carbocycles. The summed E-state index contributed by atoms with van der Waals surface area (Å²) in [7, 11) is 2.06. The van der Waals surface area contributed by atoms with Gasteiger partial charge in [0.2, 0.25) is 0 Å². The van der Waals surface area contributed by atoms with Crippen molar-refractivity contribution in [1.29, 1.82) is 0 Å². The van der Waals surface area contributed by atoms with E-state index in [-0.39, 0.29) is 0 Å². The number of aromatic nitrogens is 2. The van der Waals surface area contributed by atoms with Crippen LogP contribution in [0, 0.1) is 0 Å². The van der Waals surface area contributed by atoms with Crippen LogP contribution in [0.25, 0.3) is 0 Å². The molecular formula is C14H23N3O2. The van der Waals surface area contributed by atoms with Gasteiger partial charge in [-0.05, 0) is 6.42 Å². The summed E-state index contributed by atoms with van der Waals surface area (Å²) in [5.74, 6) is 0.756. The molecule has 106 valence electrons. The topological polar surface area (TPSA) is 58.4 Å². The number of rotatable bonds is 4. The Balaban J connectivity index is 2.25. The molecule has 0 saturated heterocycles. The van der Waals surface area contributed by atoms with Crippen LogP contribution in [0.15, 0.2) is 0 Å². The van der Waals surface area contributed by atoms with Crippen molar-refractivity contribution in [3.63, 3.8) is 0 Å². The summed E-state index contributed by atoms with van der Waals surface area (Å²) in [6, 6.07) is -0.391. The first-order valence-electron chi connectivity index (χ1n) is 6.96. The number of fused-ring (bicyclic) bond motifs is 1. The fourth-order valence-corrected chi connectivity index (χ4v) is 2.94. The fraction of sp³-hybridized carbons (Fsp3) is 0.714. The molecule has 1 atom stereocenters. The Kier molecular flexibility index (Phi) is 3.94. The number of hydrogen-bond donors (Lipinski definition) is 1. The van der Waals surface area contributed by atoms with Gasteiger partial charge in [0, 0.05) is 38.2 Å². The van der Waals surface area contributed by atoms with Crippen molar-refractivity contribution in [1.82, 2.24) is 14.5 Å². The first-order chi connectivity index (χ1) is 8.95. The second kappa shape index (κ2) is 5.33. The van der Waals surface area contributed by atoms with E-state index >= 15 is 0 Å². The van der Waals surface area contributed by atoms with Crippen LogP contribution in [0.2, 0.25) is 0 Å². The standard InChI is InChI=1S/C14H23N3O2/c1-5-11(14(18)19)17-7-6-12-10(8-17)15-13(9(2)3)16(12)4/h9,11H,5-8H2,1-4H3,(H,18,19). The molecule has 1 N–H and O–H groups in total. The van der Waals surface area contributed by atoms with Gasteiger partial charge in [0.05, 0.1) is 5.69 Å². The molecule has 0 aromatic carbocycles. The maximum Gasteiger partial charge on any atom is 0.320 e. The number of carboxylic acids is 1. The third kappa shape index (κ3) is 2.52. The van der Waals surface area contributed by atoms with Crippen molar-refractivity contribution in [3.05, 3.63) is 17.2 Å². The zero-order valence-corrected chi connectivity index (χ0v) is 12.2. The van der Waals surface area contributed by atoms with Crippen molar-refractivity contribution in [2.45, 2.75) is 52.1 Å². The highest BCUT2D eigenvalue weighted by atomic mass is 16.4. The Bertz CT molecular complexity index is 479. The van der Waals surface area contributed by atoms with Crippen LogP contribution in [-0.4, -0.2) is 38.1 Å². The summed E-state index contributed by atoms with van der Waals surface area (Å²) >= 11 is 0. The second-order valence-corrected chi connectivity index (χ2v) is 5.56. The average Bonchev–Trinajstić information content (AvgIpc) is 2.67. The predicted molar refractivity (Wildman–Crippen MR) is 73.1 cm³/mol. The van der Waals surface area contributed by atoms with Gasteiger partial charge in [-0.2, -0.15) is 0 Å². The van der Waals surface area contributed by atoms with Crippen LogP contribution in [0.5, 0.6) is 0 Å². The zero-order chi connectivity index (χ0) is 14.2. The summed E-state index contributed by atoms with van der Waals surface area (Å²) < 4.78 is 2.18. The summed E-state index contributed by atoms with van der Waals surface area (Å²) in [4.78, 5) is 18.0. The third-order valence-corrected chi connectivity index (χ3v) is 3.95. The van der Waals surface area contributed by atoms with Crippen LogP contribution in [0.4, 0.5) is 0 Å². The molecule has 1 aliphatic heterocycles. The van der Waals surface area contributed by atoms with Gasteiger partial charge in [0.1, 0.15) is 11.9 Å². The van der Waals surface area contributed by atoms with E-state index in [1.807, 2.05) is 11.8 Å². The third-order valence-electron chi connectivity index (χ3n) is 3.95. The van der Waals surface area contributed by atoms with Gasteiger partial charge in [0.25, 0.3) is 0 Å². The van der Waals surface area contributed by atoms with E-state index in [1.165, 1.54) is 5.69 Å². The van der Waals surface area contributed by atoms with Crippen LogP contribution in [0.3, 0.4) is 0 Å². The van der Waals surface area contributed by atoms with E-state index in [1.54, 1.807) is 0 Å². The normalized spacial score (nSPS) is 17.5. The zero-order valence-electron chi connectivity index (χ0n) is 12.2. The lowest BCUT2D eigenvalue weighted by atomic mass is 10.1. The molecule has 0 aliphatic carbocycles. The molecule has 1 unspecified atom stereocenters. The lowest BCUT2D eigenvalue weighted by Gasteiger charge is -2.31. The molecule has 0 bridgehead atoms. The molecule has 0 radical (unpaired) electrons. The summed E-state index contributed by atoms with van der Waals surface area (Å²) in [5.41, 5.74) is 2.32. The van der Waals surface area contributed by atoms with Crippen molar-refractivity contribution >= 4 is 5.97 Å². The monoisotopic (exact) mass is 265 g/mol. The van der Waals surface area contributed by atoms with Crippen molar-refractivity contribution in [3.8, 4) is 0 Å². The molecule has 19 heavy (non-hydrogen) atoms. The van der Waals surface area contributed by atoms with Crippen LogP contribution in [0.1, 0.15) is 50.3 Å². The lowest BCUT2D eigenvalue weighted by Crippen LogP contribution is -2.43. The van der Waals surface area contributed by atoms with Crippen molar-refractivity contribution in [2.75, 3.05) is 6.54 Å². The maximum atomic E-state index is 11.3. The number of carbonyl (C=O) groups is 1. The Morgan fingerprint density at radius 2 is 2.16 bits per heavy atom. The minimum absolute atomic E-state index is 0.391. The Hall–Kier alpha value is -1.36. The predicted octanol–water partition coefficient (Wildman–Crippen LogP) is 1.76. The van der Waals surface area contributed by atoms with E-state index < -0.39 is 12.0 Å². The second-order valence-electron chi connectivity index (χ2n) is 5.56. The number of imidazole rings is 1. The molecule has 5 heteroatoms. The molecule has 2 heterocycles. The van der Waals surface area contributed by atoms with Crippen molar-refractivity contribution in [2.24, 2.45) is 7.05 Å². The van der Waals surface area contributed by atoms with Gasteiger partial charge >= 0.3 is 5.97 Å². The number of hydrogen-bond acceptors (Lipinski definition) is 3. The van der Waals surface area contributed by atoms with Crippen molar-refractivity contribution < 1.29 is 9.90 Å². The maximum absolute atomic E-state index is 11.3. The average molecular weight is 265 g/mol. The van der Waals surface area contributed by atoms with Crippen LogP contribution >= 0.6 is 0 Å². The first-order valence-corrected chi connectivity index (χ1v) is 6.96. The van der Waals surface area contributed by atoms with Gasteiger partial charge < -0.3 is 9.67 Å². The Morgan fingerprint density at radius 3 is 2.68 bits per heavy atom. The van der Waals surface area contributed by atoms with Gasteiger partial charge in [-0.3, -0.25) is 9.69 Å². The van der Waals surface area contributed by atoms with E-state index in [0.717, 1.165) is 24.5 Å². The summed E-state index contributed by atoms with van der Waals surface area (Å²) in [5, 5.41) is 9.25. The highest BCUT2D eigenvalue weighted by molar-refractivity contribution is 5.73. The highest BCUT2D eigenvalue weighted by Crippen LogP contribution is 2.24. The molecule has 1 aromatic rings. The van der Waals surface area contributed by atoms with E-state index in [4.69, 9.17) is 4.98 Å². The van der Waals surface area contributed by atoms with E-state index in [0.29, 0.717) is 18.9 Å². The SMILES string of the molecule is CCC(C(=O)O)N1CCc2c(nc(C(C)C)n2C)C1. The molecule has 5 nitrogen and oxygen atoms in total. The number of carboxylic acid groups (broad SMARTS) is 1. The molecule has 0 amide bonds. The first kappa shape index (κ1) is 14.1. The minimum atomic E-state index is -0.731. The minimum Gasteiger partial charge on any atom is -0.480 e. The van der Waals surface area contributed by atoms with Crippen LogP contribution < -0.4 is 0 Å². The smallest absolute Gasteiger partial charge is 0.320 e. The largest absolute Gasteiger partial charge is 0.480 e. The summed E-state index contributed by atoms with van der Waals surface area (Å²) in [6.07, 6.45) is 1.52. The Labute approximate surface area is 114 Å². The highest BCUT2D eigenvalue weighted by Gasteiger charge is 2.30. The van der Waals surface area contributed by atoms with Gasteiger partial charge in [-0.1, -0.05) is 20.8 Å². The molecule has 2 rings (SSSR count). The lowest BCUT2D eigenvalue weighted by molar-refractivity contribution is -0.143. The molecular weight excluding hydrogens is 242 g/mol. The van der Waals surface area contributed by atoms with E-state index in [2.05, 4.69) is 25.5 Å². The van der Waals surface area contributed by atoms with Gasteiger partial charge in [-0.15, -0.1) is 0 Å². The fourth-order valence-electron chi connectivity index (χ4n) is 2.94. The quantitative estimate of drug-likeness (QED) is 0.901. The van der Waals surface area contributed by atoms with Gasteiger partial charge in [0.15, 0.2) is 0 Å². The Morgan fingerprint density at radius 1 is 1.47 bits per heavy atom. The molecule has 0 fully saturated rings. The molecule has 1 aromatic heterocycles. The number of aliphatic carboxylic acids is 1. The molecule has 1 aliphatic rings. The van der Waals surface area contributed by atoms with Crippen LogP contribution in [-0.2, 0) is 24.8 Å². The van der Waals surface area contributed by atoms with Gasteiger partial charge in [-0.25, -0.2) is 4.98 Å². The number of nitrogens with zero attached hydrogens (tertiary/aromatic N) is 3.